The largest absolute Gasteiger partial charge is 0.377 e. The average Bonchev–Trinajstić information content (AvgIpc) is 3.02. The monoisotopic (exact) mass is 293 g/mol. The van der Waals surface area contributed by atoms with Crippen LogP contribution < -0.4 is 5.32 Å². The van der Waals surface area contributed by atoms with Gasteiger partial charge in [-0.3, -0.25) is 0 Å². The third-order valence-corrected chi connectivity index (χ3v) is 3.51. The molecule has 0 bridgehead atoms. The summed E-state index contributed by atoms with van der Waals surface area (Å²) in [5.74, 6) is 1.34. The molecule has 22 heavy (non-hydrogen) atoms. The molecule has 0 radical (unpaired) electrons. The number of aromatic nitrogens is 4. The van der Waals surface area contributed by atoms with Crippen molar-refractivity contribution in [2.75, 3.05) is 18.5 Å². The number of anilines is 1. The highest BCUT2D eigenvalue weighted by molar-refractivity contribution is 5.58. The van der Waals surface area contributed by atoms with E-state index in [0.717, 1.165) is 17.1 Å². The van der Waals surface area contributed by atoms with Crippen LogP contribution >= 0.6 is 0 Å². The molecular formula is C16H15N5O. The minimum Gasteiger partial charge on any atom is -0.377 e. The van der Waals surface area contributed by atoms with E-state index < -0.39 is 0 Å². The van der Waals surface area contributed by atoms with Crippen LogP contribution in [0.5, 0.6) is 0 Å². The minimum atomic E-state index is 0.299. The van der Waals surface area contributed by atoms with Crippen molar-refractivity contribution in [1.29, 1.82) is 0 Å². The van der Waals surface area contributed by atoms with Gasteiger partial charge in [0.1, 0.15) is 0 Å². The molecule has 3 aromatic rings. The fraction of sp³-hybridized carbons (Fsp3) is 0.188. The molecule has 110 valence electrons. The molecule has 2 aromatic heterocycles. The first-order valence-electron chi connectivity index (χ1n) is 7.17. The second-order valence-corrected chi connectivity index (χ2v) is 5.13. The number of nitrogens with zero attached hydrogens (tertiary/aromatic N) is 4. The van der Waals surface area contributed by atoms with Gasteiger partial charge < -0.3 is 10.1 Å². The van der Waals surface area contributed by atoms with Gasteiger partial charge in [0.15, 0.2) is 5.82 Å². The second kappa shape index (κ2) is 5.57. The molecule has 1 fully saturated rings. The molecule has 0 unspecified atom stereocenters. The van der Waals surface area contributed by atoms with Crippen molar-refractivity contribution in [3.63, 3.8) is 0 Å². The number of hydrogen-bond donors (Lipinski definition) is 1. The van der Waals surface area contributed by atoms with Crippen molar-refractivity contribution < 1.29 is 4.74 Å². The van der Waals surface area contributed by atoms with E-state index in [9.17, 15) is 0 Å². The standard InChI is InChI=1S/C16H15N5O/c1-2-4-12(5-3-1)14-7-9-21(20-14)15-6-8-17-16(19-15)18-13-10-22-11-13/h1-9,13H,10-11H2,(H,17,18,19). The lowest BCUT2D eigenvalue weighted by Gasteiger charge is -2.26. The van der Waals surface area contributed by atoms with Crippen LogP contribution in [0.2, 0.25) is 0 Å². The normalized spacial score (nSPS) is 14.5. The van der Waals surface area contributed by atoms with Crippen molar-refractivity contribution in [3.8, 4) is 17.1 Å². The van der Waals surface area contributed by atoms with Crippen LogP contribution in [0.4, 0.5) is 5.95 Å². The van der Waals surface area contributed by atoms with Gasteiger partial charge >= 0.3 is 0 Å². The van der Waals surface area contributed by atoms with E-state index in [0.29, 0.717) is 25.2 Å². The SMILES string of the molecule is c1ccc(-c2ccn(-c3ccnc(NC4COC4)n3)n2)cc1. The number of benzene rings is 1. The van der Waals surface area contributed by atoms with Gasteiger partial charge in [-0.1, -0.05) is 30.3 Å². The van der Waals surface area contributed by atoms with E-state index in [1.807, 2.05) is 48.7 Å². The molecule has 0 spiro atoms. The third-order valence-electron chi connectivity index (χ3n) is 3.51. The summed E-state index contributed by atoms with van der Waals surface area (Å²) in [5, 5.41) is 7.82. The first-order valence-corrected chi connectivity index (χ1v) is 7.17. The fourth-order valence-electron chi connectivity index (χ4n) is 2.26. The Morgan fingerprint density at radius 1 is 1.09 bits per heavy atom. The Hall–Kier alpha value is -2.73. The Morgan fingerprint density at radius 2 is 1.95 bits per heavy atom. The van der Waals surface area contributed by atoms with E-state index in [4.69, 9.17) is 4.74 Å². The van der Waals surface area contributed by atoms with Gasteiger partial charge in [0, 0.05) is 24.0 Å². The number of hydrogen-bond acceptors (Lipinski definition) is 5. The Morgan fingerprint density at radius 3 is 2.73 bits per heavy atom. The number of rotatable bonds is 4. The van der Waals surface area contributed by atoms with Crippen molar-refractivity contribution in [3.05, 3.63) is 54.9 Å². The van der Waals surface area contributed by atoms with E-state index in [-0.39, 0.29) is 0 Å². The molecule has 0 amide bonds. The summed E-state index contributed by atoms with van der Waals surface area (Å²) in [5.41, 5.74) is 2.00. The quantitative estimate of drug-likeness (QED) is 0.798. The predicted octanol–water partition coefficient (Wildman–Crippen LogP) is 2.14. The molecule has 0 saturated carbocycles. The zero-order valence-corrected chi connectivity index (χ0v) is 11.9. The lowest BCUT2D eigenvalue weighted by Crippen LogP contribution is -2.40. The van der Waals surface area contributed by atoms with E-state index in [1.165, 1.54) is 0 Å². The molecule has 1 aromatic carbocycles. The van der Waals surface area contributed by atoms with Gasteiger partial charge in [0.2, 0.25) is 5.95 Å². The Balaban J connectivity index is 1.59. The third kappa shape index (κ3) is 2.56. The first kappa shape index (κ1) is 13.0. The lowest BCUT2D eigenvalue weighted by molar-refractivity contribution is 0.0208. The van der Waals surface area contributed by atoms with Crippen molar-refractivity contribution >= 4 is 5.95 Å². The number of nitrogens with one attached hydrogen (secondary N) is 1. The zero-order valence-electron chi connectivity index (χ0n) is 11.9. The summed E-state index contributed by atoms with van der Waals surface area (Å²) in [7, 11) is 0. The molecule has 6 heteroatoms. The zero-order chi connectivity index (χ0) is 14.8. The maximum Gasteiger partial charge on any atom is 0.225 e. The smallest absolute Gasteiger partial charge is 0.225 e. The molecule has 4 rings (SSSR count). The molecule has 1 N–H and O–H groups in total. The highest BCUT2D eigenvalue weighted by Gasteiger charge is 2.19. The van der Waals surface area contributed by atoms with Crippen LogP contribution in [0.15, 0.2) is 54.9 Å². The molecule has 1 aliphatic rings. The second-order valence-electron chi connectivity index (χ2n) is 5.13. The van der Waals surface area contributed by atoms with Gasteiger partial charge in [0.05, 0.1) is 24.9 Å². The highest BCUT2D eigenvalue weighted by atomic mass is 16.5. The highest BCUT2D eigenvalue weighted by Crippen LogP contribution is 2.17. The van der Waals surface area contributed by atoms with Crippen LogP contribution in [-0.4, -0.2) is 39.0 Å². The fourth-order valence-corrected chi connectivity index (χ4v) is 2.26. The van der Waals surface area contributed by atoms with Crippen LogP contribution in [0.1, 0.15) is 0 Å². The Labute approximate surface area is 127 Å². The average molecular weight is 293 g/mol. The summed E-state index contributed by atoms with van der Waals surface area (Å²) in [6.45, 7) is 1.40. The Kier molecular flexibility index (Phi) is 3.29. The maximum absolute atomic E-state index is 5.14. The van der Waals surface area contributed by atoms with Crippen molar-refractivity contribution in [1.82, 2.24) is 19.7 Å². The van der Waals surface area contributed by atoms with Gasteiger partial charge in [-0.2, -0.15) is 10.1 Å². The van der Waals surface area contributed by atoms with Gasteiger partial charge in [-0.15, -0.1) is 0 Å². The van der Waals surface area contributed by atoms with Crippen molar-refractivity contribution in [2.24, 2.45) is 0 Å². The molecule has 1 saturated heterocycles. The molecule has 0 atom stereocenters. The van der Waals surface area contributed by atoms with Crippen molar-refractivity contribution in [2.45, 2.75) is 6.04 Å². The van der Waals surface area contributed by atoms with E-state index in [1.54, 1.807) is 10.9 Å². The molecular weight excluding hydrogens is 278 g/mol. The summed E-state index contributed by atoms with van der Waals surface area (Å²) < 4.78 is 6.90. The van der Waals surface area contributed by atoms with Crippen LogP contribution in [-0.2, 0) is 4.74 Å². The Bertz CT molecular complexity index is 767. The van der Waals surface area contributed by atoms with E-state index in [2.05, 4.69) is 20.4 Å². The lowest BCUT2D eigenvalue weighted by atomic mass is 10.2. The summed E-state index contributed by atoms with van der Waals surface area (Å²) in [6.07, 6.45) is 3.63. The van der Waals surface area contributed by atoms with Gasteiger partial charge in [-0.05, 0) is 6.07 Å². The molecule has 6 nitrogen and oxygen atoms in total. The summed E-state index contributed by atoms with van der Waals surface area (Å²) in [6, 6.07) is 14.2. The predicted molar refractivity (Wildman–Crippen MR) is 82.8 cm³/mol. The van der Waals surface area contributed by atoms with Crippen LogP contribution in [0.25, 0.3) is 17.1 Å². The van der Waals surface area contributed by atoms with Gasteiger partial charge in [-0.25, -0.2) is 9.67 Å². The molecule has 3 heterocycles. The minimum absolute atomic E-state index is 0.299. The maximum atomic E-state index is 5.14. The van der Waals surface area contributed by atoms with Crippen LogP contribution in [0.3, 0.4) is 0 Å². The summed E-state index contributed by atoms with van der Waals surface area (Å²) >= 11 is 0. The molecule has 0 aliphatic carbocycles. The van der Waals surface area contributed by atoms with Crippen LogP contribution in [0, 0.1) is 0 Å². The topological polar surface area (TPSA) is 64.9 Å². The molecule has 1 aliphatic heterocycles. The summed E-state index contributed by atoms with van der Waals surface area (Å²) in [4.78, 5) is 8.73. The number of ether oxygens (including phenoxy) is 1. The van der Waals surface area contributed by atoms with E-state index >= 15 is 0 Å². The first-order chi connectivity index (χ1) is 10.9. The van der Waals surface area contributed by atoms with Gasteiger partial charge in [0.25, 0.3) is 0 Å².